The van der Waals surface area contributed by atoms with E-state index in [4.69, 9.17) is 44.3 Å². The lowest BCUT2D eigenvalue weighted by Crippen LogP contribution is -2.15. The fourth-order valence-corrected chi connectivity index (χ4v) is 3.53. The molecule has 224 valence electrons. The summed E-state index contributed by atoms with van der Waals surface area (Å²) in [5.41, 5.74) is 1.38. The van der Waals surface area contributed by atoms with Crippen LogP contribution < -0.4 is 4.74 Å². The maximum absolute atomic E-state index is 5.75. The molecule has 0 aliphatic rings. The van der Waals surface area contributed by atoms with Gasteiger partial charge in [0.25, 0.3) is 0 Å². The molecule has 39 heavy (non-hydrogen) atoms. The monoisotopic (exact) mass is 552 g/mol. The lowest BCUT2D eigenvalue weighted by Gasteiger charge is -2.09. The molecule has 1 aromatic rings. The largest absolute Gasteiger partial charge is 0.491 e. The van der Waals surface area contributed by atoms with Gasteiger partial charge in [-0.25, -0.2) is 0 Å². The van der Waals surface area contributed by atoms with E-state index >= 15 is 0 Å². The van der Waals surface area contributed by atoms with Crippen molar-refractivity contribution in [2.75, 3.05) is 99.1 Å². The molecule has 0 radical (unpaired) electrons. The summed E-state index contributed by atoms with van der Waals surface area (Å²) in [5, 5.41) is 0. The summed E-state index contributed by atoms with van der Waals surface area (Å²) in [5.74, 6) is 3.29. The van der Waals surface area contributed by atoms with Crippen molar-refractivity contribution in [3.63, 3.8) is 0 Å². The fourth-order valence-electron chi connectivity index (χ4n) is 3.53. The van der Waals surface area contributed by atoms with Crippen LogP contribution in [0.1, 0.15) is 51.0 Å². The van der Waals surface area contributed by atoms with E-state index in [1.54, 1.807) is 0 Å². The minimum Gasteiger partial charge on any atom is -0.491 e. The fraction of sp³-hybridized carbons (Fsp3) is 0.742. The quantitative estimate of drug-likeness (QED) is 0.100. The summed E-state index contributed by atoms with van der Waals surface area (Å²) in [4.78, 5) is 0. The van der Waals surface area contributed by atoms with Crippen molar-refractivity contribution >= 4 is 0 Å². The zero-order valence-electron chi connectivity index (χ0n) is 24.2. The summed E-state index contributed by atoms with van der Waals surface area (Å²) < 4.78 is 43.6. The Morgan fingerprint density at radius 2 is 0.923 bits per heavy atom. The lowest BCUT2D eigenvalue weighted by atomic mass is 10.0. The SMILES string of the molecule is C#CCOCCOCCOCCOCCOCCOCCOCCOc1ccc(CCCCCCCC)cc1. The van der Waals surface area contributed by atoms with E-state index in [-0.39, 0.29) is 0 Å². The van der Waals surface area contributed by atoms with Crippen molar-refractivity contribution in [1.29, 1.82) is 0 Å². The smallest absolute Gasteiger partial charge is 0.119 e. The molecular weight excluding hydrogens is 500 g/mol. The van der Waals surface area contributed by atoms with Crippen LogP contribution in [-0.4, -0.2) is 99.1 Å². The molecule has 0 aliphatic heterocycles. The molecule has 0 aliphatic carbocycles. The number of ether oxygens (including phenoxy) is 8. The summed E-state index contributed by atoms with van der Waals surface area (Å²) in [7, 11) is 0. The molecule has 1 aromatic carbocycles. The first-order chi connectivity index (χ1) is 19.4. The normalized spacial score (nSPS) is 11.1. The molecular formula is C31H52O8. The first kappa shape index (κ1) is 35.3. The van der Waals surface area contributed by atoms with Crippen molar-refractivity contribution in [1.82, 2.24) is 0 Å². The zero-order valence-corrected chi connectivity index (χ0v) is 24.2. The molecule has 8 heteroatoms. The Balaban J connectivity index is 1.76. The van der Waals surface area contributed by atoms with Crippen molar-refractivity contribution < 1.29 is 37.9 Å². The van der Waals surface area contributed by atoms with Gasteiger partial charge in [0.1, 0.15) is 19.0 Å². The highest BCUT2D eigenvalue weighted by Gasteiger charge is 1.98. The summed E-state index contributed by atoms with van der Waals surface area (Å²) in [6.45, 7) is 9.92. The number of unbranched alkanes of at least 4 members (excludes halogenated alkanes) is 5. The molecule has 0 spiro atoms. The molecule has 0 saturated heterocycles. The summed E-state index contributed by atoms with van der Waals surface area (Å²) in [6, 6.07) is 8.43. The third-order valence-corrected chi connectivity index (χ3v) is 5.66. The van der Waals surface area contributed by atoms with Gasteiger partial charge in [-0.2, -0.15) is 0 Å². The van der Waals surface area contributed by atoms with Crippen LogP contribution in [0.5, 0.6) is 5.75 Å². The molecule has 0 saturated carbocycles. The van der Waals surface area contributed by atoms with Crippen molar-refractivity contribution in [3.05, 3.63) is 29.8 Å². The van der Waals surface area contributed by atoms with Crippen molar-refractivity contribution in [2.24, 2.45) is 0 Å². The molecule has 0 aromatic heterocycles. The Kier molecular flexibility index (Phi) is 26.5. The predicted octanol–water partition coefficient (Wildman–Crippen LogP) is 4.72. The van der Waals surface area contributed by atoms with Gasteiger partial charge >= 0.3 is 0 Å². The molecule has 0 heterocycles. The molecule has 0 bridgehead atoms. The van der Waals surface area contributed by atoms with Gasteiger partial charge in [0, 0.05) is 0 Å². The van der Waals surface area contributed by atoms with E-state index < -0.39 is 0 Å². The minimum absolute atomic E-state index is 0.315. The second kappa shape index (κ2) is 29.3. The van der Waals surface area contributed by atoms with Gasteiger partial charge in [0.15, 0.2) is 0 Å². The van der Waals surface area contributed by atoms with Crippen LogP contribution in [0.15, 0.2) is 24.3 Å². The highest BCUT2D eigenvalue weighted by atomic mass is 16.6. The van der Waals surface area contributed by atoms with E-state index in [9.17, 15) is 0 Å². The third-order valence-electron chi connectivity index (χ3n) is 5.66. The maximum atomic E-state index is 5.75. The lowest BCUT2D eigenvalue weighted by molar-refractivity contribution is -0.0204. The van der Waals surface area contributed by atoms with Crippen LogP contribution in [0, 0.1) is 12.3 Å². The molecule has 8 nitrogen and oxygen atoms in total. The van der Waals surface area contributed by atoms with Crippen LogP contribution in [0.3, 0.4) is 0 Å². The summed E-state index contributed by atoms with van der Waals surface area (Å²) >= 11 is 0. The molecule has 1 rings (SSSR count). The topological polar surface area (TPSA) is 73.8 Å². The van der Waals surface area contributed by atoms with E-state index in [1.807, 2.05) is 12.1 Å². The third kappa shape index (κ3) is 25.0. The Labute approximate surface area is 236 Å². The van der Waals surface area contributed by atoms with E-state index in [0.29, 0.717) is 99.1 Å². The van der Waals surface area contributed by atoms with E-state index in [0.717, 1.165) is 12.2 Å². The summed E-state index contributed by atoms with van der Waals surface area (Å²) in [6.07, 6.45) is 14.2. The van der Waals surface area contributed by atoms with E-state index in [2.05, 4.69) is 25.0 Å². The maximum Gasteiger partial charge on any atom is 0.119 e. The van der Waals surface area contributed by atoms with Gasteiger partial charge in [-0.15, -0.1) is 6.42 Å². The second-order valence-corrected chi connectivity index (χ2v) is 8.94. The van der Waals surface area contributed by atoms with Gasteiger partial charge in [0.05, 0.1) is 85.9 Å². The van der Waals surface area contributed by atoms with Crippen LogP contribution >= 0.6 is 0 Å². The Bertz CT molecular complexity index is 662. The average Bonchev–Trinajstić information content (AvgIpc) is 2.96. The zero-order chi connectivity index (χ0) is 27.9. The van der Waals surface area contributed by atoms with Gasteiger partial charge < -0.3 is 37.9 Å². The minimum atomic E-state index is 0.315. The number of aryl methyl sites for hydroxylation is 1. The van der Waals surface area contributed by atoms with Crippen LogP contribution in [-0.2, 0) is 39.6 Å². The van der Waals surface area contributed by atoms with Gasteiger partial charge in [-0.1, -0.05) is 57.1 Å². The van der Waals surface area contributed by atoms with Crippen molar-refractivity contribution in [3.8, 4) is 18.1 Å². The first-order valence-corrected chi connectivity index (χ1v) is 14.6. The molecule has 0 unspecified atom stereocenters. The number of benzene rings is 1. The number of terminal acetylenes is 1. The Morgan fingerprint density at radius 1 is 0.513 bits per heavy atom. The first-order valence-electron chi connectivity index (χ1n) is 14.6. The van der Waals surface area contributed by atoms with Gasteiger partial charge in [-0.05, 0) is 30.5 Å². The highest BCUT2D eigenvalue weighted by Crippen LogP contribution is 2.15. The van der Waals surface area contributed by atoms with Gasteiger partial charge in [-0.3, -0.25) is 0 Å². The molecule has 0 amide bonds. The molecule has 0 N–H and O–H groups in total. The van der Waals surface area contributed by atoms with Crippen LogP contribution in [0.4, 0.5) is 0 Å². The number of hydrogen-bond donors (Lipinski definition) is 0. The average molecular weight is 553 g/mol. The standard InChI is InChI=1S/C31H52O8/c1-3-5-6-7-8-9-10-30-11-13-31(14-12-30)39-29-28-38-27-26-37-25-24-36-23-22-35-21-20-34-19-18-33-17-16-32-15-4-2/h2,11-14H,3,5-10,15-29H2,1H3. The van der Waals surface area contributed by atoms with E-state index in [1.165, 1.54) is 44.1 Å². The number of rotatable bonds is 30. The highest BCUT2D eigenvalue weighted by molar-refractivity contribution is 5.27. The van der Waals surface area contributed by atoms with Gasteiger partial charge in [0.2, 0.25) is 0 Å². The second-order valence-electron chi connectivity index (χ2n) is 8.94. The Hall–Kier alpha value is -1.70. The molecule has 0 fully saturated rings. The van der Waals surface area contributed by atoms with Crippen LogP contribution in [0.2, 0.25) is 0 Å². The predicted molar refractivity (Wildman–Crippen MR) is 154 cm³/mol. The van der Waals surface area contributed by atoms with Crippen molar-refractivity contribution in [2.45, 2.75) is 51.9 Å². The Morgan fingerprint density at radius 3 is 1.38 bits per heavy atom. The molecule has 0 atom stereocenters. The number of hydrogen-bond acceptors (Lipinski definition) is 8. The van der Waals surface area contributed by atoms with Crippen LogP contribution in [0.25, 0.3) is 0 Å².